The highest BCUT2D eigenvalue weighted by atomic mass is 15.4. The van der Waals surface area contributed by atoms with Crippen molar-refractivity contribution in [3.05, 3.63) is 66.0 Å². The van der Waals surface area contributed by atoms with Crippen LogP contribution in [-0.4, -0.2) is 23.1 Å². The lowest BCUT2D eigenvalue weighted by molar-refractivity contribution is -0.939. The molecule has 0 amide bonds. The van der Waals surface area contributed by atoms with Crippen molar-refractivity contribution in [2.75, 3.05) is 13.6 Å². The number of pyridine rings is 1. The molecule has 0 spiro atoms. The smallest absolute Gasteiger partial charge is 0.116 e. The second-order valence-corrected chi connectivity index (χ2v) is 5.79. The summed E-state index contributed by atoms with van der Waals surface area (Å²) in [5.74, 6) is 0. The molecule has 0 saturated carbocycles. The van der Waals surface area contributed by atoms with Gasteiger partial charge in [-0.1, -0.05) is 36.4 Å². The Morgan fingerprint density at radius 1 is 1.16 bits per heavy atom. The van der Waals surface area contributed by atoms with E-state index in [1.165, 1.54) is 30.5 Å². The van der Waals surface area contributed by atoms with Gasteiger partial charge in [0.05, 0.1) is 13.6 Å². The highest BCUT2D eigenvalue weighted by Crippen LogP contribution is 2.38. The number of rotatable bonds is 3. The molecule has 2 atom stereocenters. The van der Waals surface area contributed by atoms with Crippen LogP contribution in [0.1, 0.15) is 30.0 Å². The zero-order chi connectivity index (χ0) is 13.1. The van der Waals surface area contributed by atoms with Crippen molar-refractivity contribution in [1.82, 2.24) is 4.98 Å². The monoisotopic (exact) mass is 253 g/mol. The van der Waals surface area contributed by atoms with Gasteiger partial charge in [-0.3, -0.25) is 4.98 Å². The number of aromatic nitrogens is 1. The van der Waals surface area contributed by atoms with Gasteiger partial charge in [-0.25, -0.2) is 0 Å². The van der Waals surface area contributed by atoms with Gasteiger partial charge in [0.25, 0.3) is 0 Å². The zero-order valence-electron chi connectivity index (χ0n) is 11.5. The van der Waals surface area contributed by atoms with Crippen LogP contribution in [0.25, 0.3) is 0 Å². The van der Waals surface area contributed by atoms with Crippen LogP contribution in [0.15, 0.2) is 54.9 Å². The van der Waals surface area contributed by atoms with E-state index in [1.54, 1.807) is 0 Å². The summed E-state index contributed by atoms with van der Waals surface area (Å²) in [6.07, 6.45) is 6.48. The van der Waals surface area contributed by atoms with Gasteiger partial charge < -0.3 is 4.48 Å². The van der Waals surface area contributed by atoms with Crippen LogP contribution in [0, 0.1) is 0 Å². The minimum Gasteiger partial charge on any atom is -0.316 e. The predicted molar refractivity (Wildman–Crippen MR) is 77.4 cm³/mol. The zero-order valence-corrected chi connectivity index (χ0v) is 11.5. The number of benzene rings is 1. The van der Waals surface area contributed by atoms with Crippen molar-refractivity contribution in [2.45, 2.75) is 25.4 Å². The topological polar surface area (TPSA) is 12.9 Å². The third-order valence-corrected chi connectivity index (χ3v) is 4.35. The van der Waals surface area contributed by atoms with Crippen molar-refractivity contribution >= 4 is 0 Å². The second kappa shape index (κ2) is 5.14. The fourth-order valence-electron chi connectivity index (χ4n) is 3.40. The molecule has 2 heteroatoms. The first-order valence-electron chi connectivity index (χ1n) is 7.06. The van der Waals surface area contributed by atoms with Crippen molar-refractivity contribution < 1.29 is 4.48 Å². The molecule has 98 valence electrons. The van der Waals surface area contributed by atoms with Crippen LogP contribution in [-0.2, 0) is 6.54 Å². The first-order chi connectivity index (χ1) is 9.28. The third-order valence-electron chi connectivity index (χ3n) is 4.35. The van der Waals surface area contributed by atoms with E-state index in [0.717, 1.165) is 11.0 Å². The lowest BCUT2D eigenvalue weighted by Gasteiger charge is -2.36. The molecule has 0 N–H and O–H groups in total. The Hall–Kier alpha value is -1.67. The Morgan fingerprint density at radius 3 is 2.74 bits per heavy atom. The maximum Gasteiger partial charge on any atom is 0.116 e. The summed E-state index contributed by atoms with van der Waals surface area (Å²) >= 11 is 0. The highest BCUT2D eigenvalue weighted by Gasteiger charge is 2.39. The van der Waals surface area contributed by atoms with Crippen LogP contribution >= 0.6 is 0 Å². The average Bonchev–Trinajstić information content (AvgIpc) is 2.82. The molecule has 1 fully saturated rings. The Bertz CT molecular complexity index is 523. The van der Waals surface area contributed by atoms with Crippen molar-refractivity contribution in [3.8, 4) is 0 Å². The lowest BCUT2D eigenvalue weighted by Crippen LogP contribution is -2.42. The summed E-state index contributed by atoms with van der Waals surface area (Å²) in [6.45, 7) is 2.37. The molecule has 0 bridgehead atoms. The van der Waals surface area contributed by atoms with Gasteiger partial charge in [0.15, 0.2) is 0 Å². The summed E-state index contributed by atoms with van der Waals surface area (Å²) < 4.78 is 1.11. The van der Waals surface area contributed by atoms with Gasteiger partial charge >= 0.3 is 0 Å². The first kappa shape index (κ1) is 12.4. The van der Waals surface area contributed by atoms with Crippen molar-refractivity contribution in [3.63, 3.8) is 0 Å². The van der Waals surface area contributed by atoms with Crippen LogP contribution in [0.3, 0.4) is 0 Å². The van der Waals surface area contributed by atoms with E-state index in [9.17, 15) is 0 Å². The van der Waals surface area contributed by atoms with E-state index in [-0.39, 0.29) is 0 Å². The van der Waals surface area contributed by atoms with Gasteiger partial charge in [0, 0.05) is 36.4 Å². The molecule has 2 nitrogen and oxygen atoms in total. The molecule has 0 aliphatic carbocycles. The molecule has 0 unspecified atom stereocenters. The molecule has 2 aromatic rings. The molecule has 1 saturated heterocycles. The minimum absolute atomic E-state index is 0.592. The first-order valence-corrected chi connectivity index (χ1v) is 7.06. The van der Waals surface area contributed by atoms with E-state index in [2.05, 4.69) is 54.5 Å². The van der Waals surface area contributed by atoms with Gasteiger partial charge in [0.1, 0.15) is 12.6 Å². The fourth-order valence-corrected chi connectivity index (χ4v) is 3.40. The van der Waals surface area contributed by atoms with Gasteiger partial charge in [0.2, 0.25) is 0 Å². The SMILES string of the molecule is C[N@@+]1(Cc2ccccc2)CCC[C@H]1c1cccnc1. The number of nitrogens with zero attached hydrogens (tertiary/aromatic N) is 2. The molecule has 1 aliphatic rings. The van der Waals surface area contributed by atoms with E-state index >= 15 is 0 Å². The lowest BCUT2D eigenvalue weighted by atomic mass is 10.0. The van der Waals surface area contributed by atoms with Gasteiger partial charge in [-0.05, 0) is 6.07 Å². The summed E-state index contributed by atoms with van der Waals surface area (Å²) in [4.78, 5) is 4.29. The number of quaternary nitrogens is 1. The number of hydrogen-bond donors (Lipinski definition) is 0. The molecule has 1 aliphatic heterocycles. The Balaban J connectivity index is 1.86. The Labute approximate surface area is 115 Å². The van der Waals surface area contributed by atoms with E-state index in [0.29, 0.717) is 6.04 Å². The molecule has 19 heavy (non-hydrogen) atoms. The molecule has 1 aromatic heterocycles. The standard InChI is InChI=1S/C17H21N2/c1-19(14-15-7-3-2-4-8-15)12-6-10-17(19)16-9-5-11-18-13-16/h2-5,7-9,11,13,17H,6,10,12,14H2,1H3/q+1/t17-,19-/m0/s1. The molecular formula is C17H21N2+. The predicted octanol–water partition coefficient (Wildman–Crippen LogP) is 3.56. The van der Waals surface area contributed by atoms with E-state index < -0.39 is 0 Å². The average molecular weight is 253 g/mol. The normalized spacial score (nSPS) is 26.5. The molecular weight excluding hydrogens is 232 g/mol. The molecule has 1 aromatic carbocycles. The maximum atomic E-state index is 4.29. The Kier molecular flexibility index (Phi) is 3.34. The van der Waals surface area contributed by atoms with E-state index in [4.69, 9.17) is 0 Å². The third kappa shape index (κ3) is 2.54. The van der Waals surface area contributed by atoms with Crippen LogP contribution in [0.2, 0.25) is 0 Å². The van der Waals surface area contributed by atoms with Crippen LogP contribution in [0.4, 0.5) is 0 Å². The van der Waals surface area contributed by atoms with Crippen LogP contribution < -0.4 is 0 Å². The quantitative estimate of drug-likeness (QED) is 0.762. The molecule has 3 rings (SSSR count). The van der Waals surface area contributed by atoms with Crippen LogP contribution in [0.5, 0.6) is 0 Å². The maximum absolute atomic E-state index is 4.29. The molecule has 0 radical (unpaired) electrons. The summed E-state index contributed by atoms with van der Waals surface area (Å²) in [5.41, 5.74) is 2.82. The highest BCUT2D eigenvalue weighted by molar-refractivity contribution is 5.15. The largest absolute Gasteiger partial charge is 0.316 e. The van der Waals surface area contributed by atoms with Gasteiger partial charge in [-0.15, -0.1) is 0 Å². The summed E-state index contributed by atoms with van der Waals surface area (Å²) in [7, 11) is 2.39. The van der Waals surface area contributed by atoms with Crippen molar-refractivity contribution in [1.29, 1.82) is 0 Å². The molecule has 2 heterocycles. The number of likely N-dealkylation sites (tertiary alicyclic amines) is 1. The van der Waals surface area contributed by atoms with E-state index in [1.807, 2.05) is 12.4 Å². The number of hydrogen-bond acceptors (Lipinski definition) is 1. The summed E-state index contributed by atoms with van der Waals surface area (Å²) in [5, 5.41) is 0. The Morgan fingerprint density at radius 2 is 2.00 bits per heavy atom. The fraction of sp³-hybridized carbons (Fsp3) is 0.353. The second-order valence-electron chi connectivity index (χ2n) is 5.79. The summed E-state index contributed by atoms with van der Waals surface area (Å²) in [6, 6.07) is 15.7. The van der Waals surface area contributed by atoms with Gasteiger partial charge in [-0.2, -0.15) is 0 Å². The minimum atomic E-state index is 0.592. The van der Waals surface area contributed by atoms with Crippen molar-refractivity contribution in [2.24, 2.45) is 0 Å².